The molecule has 0 aliphatic heterocycles. The number of hydrogen-bond acceptors (Lipinski definition) is 3. The van der Waals surface area contributed by atoms with Gasteiger partial charge in [0.2, 0.25) is 0 Å². The molecule has 0 bridgehead atoms. The van der Waals surface area contributed by atoms with Crippen molar-refractivity contribution in [3.63, 3.8) is 0 Å². The van der Waals surface area contributed by atoms with Gasteiger partial charge in [-0.3, -0.25) is 10.1 Å². The monoisotopic (exact) mass is 272 g/mol. The van der Waals surface area contributed by atoms with E-state index in [1.165, 1.54) is 0 Å². The highest BCUT2D eigenvalue weighted by molar-refractivity contribution is 7.80. The summed E-state index contributed by atoms with van der Waals surface area (Å²) < 4.78 is 5.53. The Morgan fingerprint density at radius 3 is 2.41 bits per heavy atom. The van der Waals surface area contributed by atoms with Gasteiger partial charge in [-0.15, -0.1) is 0 Å². The summed E-state index contributed by atoms with van der Waals surface area (Å²) in [6.07, 6.45) is 0. The van der Waals surface area contributed by atoms with Crippen LogP contribution in [0.5, 0.6) is 5.75 Å². The molecule has 0 saturated heterocycles. The van der Waals surface area contributed by atoms with Gasteiger partial charge < -0.3 is 10.5 Å². The maximum Gasteiger partial charge on any atom is 0.269 e. The number of nitrogens with two attached hydrogens (primary N) is 1. The molecule has 3 N–H and O–H groups in total. The summed E-state index contributed by atoms with van der Waals surface area (Å²) in [7, 11) is 0. The van der Waals surface area contributed by atoms with E-state index in [2.05, 4.69) is 17.5 Å². The van der Waals surface area contributed by atoms with Gasteiger partial charge >= 0.3 is 0 Å². The normalized spacial score (nSPS) is 10.8. The molecule has 1 amide bonds. The number of thiocarbonyl (C=S) groups is 1. The predicted molar refractivity (Wildman–Crippen MR) is 71.1 cm³/mol. The van der Waals surface area contributed by atoms with E-state index < -0.39 is 11.5 Å². The molecule has 4 nitrogen and oxygen atoms in total. The second kappa shape index (κ2) is 5.33. The SMILES string of the molecule is CC(C)(Oc1ccc(Cl)cc1)C(=O)NC(N)=S. The van der Waals surface area contributed by atoms with E-state index in [-0.39, 0.29) is 5.11 Å². The number of rotatable bonds is 3. The fourth-order valence-corrected chi connectivity index (χ4v) is 1.32. The highest BCUT2D eigenvalue weighted by Gasteiger charge is 2.30. The minimum Gasteiger partial charge on any atom is -0.478 e. The first-order valence-corrected chi connectivity index (χ1v) is 5.65. The van der Waals surface area contributed by atoms with Crippen LogP contribution in [-0.4, -0.2) is 16.6 Å². The summed E-state index contributed by atoms with van der Waals surface area (Å²) >= 11 is 10.3. The maximum absolute atomic E-state index is 11.7. The second-order valence-corrected chi connectivity index (χ2v) is 4.76. The lowest BCUT2D eigenvalue weighted by atomic mass is 10.1. The zero-order valence-corrected chi connectivity index (χ0v) is 11.1. The van der Waals surface area contributed by atoms with Crippen LogP contribution in [0, 0.1) is 0 Å². The third-order valence-electron chi connectivity index (χ3n) is 1.97. The number of nitrogens with one attached hydrogen (secondary N) is 1. The first-order valence-electron chi connectivity index (χ1n) is 4.87. The molecule has 0 heterocycles. The van der Waals surface area contributed by atoms with E-state index in [1.54, 1.807) is 38.1 Å². The van der Waals surface area contributed by atoms with Crippen molar-refractivity contribution in [2.24, 2.45) is 5.73 Å². The lowest BCUT2D eigenvalue weighted by Gasteiger charge is -2.24. The van der Waals surface area contributed by atoms with Crippen LogP contribution < -0.4 is 15.8 Å². The van der Waals surface area contributed by atoms with E-state index in [0.29, 0.717) is 10.8 Å². The minimum absolute atomic E-state index is 0.0808. The predicted octanol–water partition coefficient (Wildman–Crippen LogP) is 1.86. The molecule has 0 radical (unpaired) electrons. The largest absolute Gasteiger partial charge is 0.478 e. The number of benzene rings is 1. The Kier molecular flexibility index (Phi) is 4.31. The van der Waals surface area contributed by atoms with Gasteiger partial charge in [0.25, 0.3) is 5.91 Å². The van der Waals surface area contributed by atoms with E-state index in [0.717, 1.165) is 0 Å². The van der Waals surface area contributed by atoms with Crippen molar-refractivity contribution < 1.29 is 9.53 Å². The molecule has 1 aromatic carbocycles. The molecular formula is C11H13ClN2O2S. The first kappa shape index (κ1) is 13.7. The number of hydrogen-bond donors (Lipinski definition) is 2. The van der Waals surface area contributed by atoms with Gasteiger partial charge in [0.1, 0.15) is 5.75 Å². The van der Waals surface area contributed by atoms with Crippen LogP contribution in [0.2, 0.25) is 5.02 Å². The second-order valence-electron chi connectivity index (χ2n) is 3.88. The Bertz CT molecular complexity index is 432. The summed E-state index contributed by atoms with van der Waals surface area (Å²) in [5.74, 6) is 0.137. The molecule has 0 spiro atoms. The van der Waals surface area contributed by atoms with Crippen LogP contribution in [0.15, 0.2) is 24.3 Å². The molecule has 0 aliphatic rings. The summed E-state index contributed by atoms with van der Waals surface area (Å²) in [4.78, 5) is 11.7. The Hall–Kier alpha value is -1.33. The number of halogens is 1. The van der Waals surface area contributed by atoms with Crippen molar-refractivity contribution in [3.8, 4) is 5.75 Å². The first-order chi connectivity index (χ1) is 7.81. The molecule has 92 valence electrons. The van der Waals surface area contributed by atoms with Crippen LogP contribution in [-0.2, 0) is 4.79 Å². The van der Waals surface area contributed by atoms with Gasteiger partial charge in [-0.1, -0.05) is 11.6 Å². The van der Waals surface area contributed by atoms with Gasteiger partial charge in [0.05, 0.1) is 0 Å². The maximum atomic E-state index is 11.7. The topological polar surface area (TPSA) is 64.3 Å². The summed E-state index contributed by atoms with van der Waals surface area (Å²) in [6.45, 7) is 3.24. The molecule has 1 aromatic rings. The van der Waals surface area contributed by atoms with Crippen molar-refractivity contribution in [1.29, 1.82) is 0 Å². The van der Waals surface area contributed by atoms with Gasteiger partial charge in [0, 0.05) is 5.02 Å². The molecule has 6 heteroatoms. The van der Waals surface area contributed by atoms with Crippen molar-refractivity contribution >= 4 is 34.8 Å². The van der Waals surface area contributed by atoms with Crippen LogP contribution in [0.1, 0.15) is 13.8 Å². The third kappa shape index (κ3) is 4.20. The molecule has 0 fully saturated rings. The molecule has 17 heavy (non-hydrogen) atoms. The van der Waals surface area contributed by atoms with Crippen molar-refractivity contribution in [2.75, 3.05) is 0 Å². The van der Waals surface area contributed by atoms with Crippen molar-refractivity contribution in [3.05, 3.63) is 29.3 Å². The number of amides is 1. The standard InChI is InChI=1S/C11H13ClN2O2S/c1-11(2,9(15)14-10(13)17)16-8-5-3-7(12)4-6-8/h3-6H,1-2H3,(H3,13,14,15,17). The number of carbonyl (C=O) groups is 1. The Balaban J connectivity index is 2.75. The van der Waals surface area contributed by atoms with Crippen LogP contribution >= 0.6 is 23.8 Å². The van der Waals surface area contributed by atoms with E-state index >= 15 is 0 Å². The average Bonchev–Trinajstić information content (AvgIpc) is 2.20. The smallest absolute Gasteiger partial charge is 0.269 e. The third-order valence-corrected chi connectivity index (χ3v) is 2.32. The van der Waals surface area contributed by atoms with Crippen LogP contribution in [0.4, 0.5) is 0 Å². The van der Waals surface area contributed by atoms with Crippen LogP contribution in [0.3, 0.4) is 0 Å². The highest BCUT2D eigenvalue weighted by Crippen LogP contribution is 2.20. The molecular weight excluding hydrogens is 260 g/mol. The molecule has 0 aromatic heterocycles. The molecule has 1 rings (SSSR count). The Morgan fingerprint density at radius 2 is 1.94 bits per heavy atom. The Morgan fingerprint density at radius 1 is 1.41 bits per heavy atom. The summed E-state index contributed by atoms with van der Waals surface area (Å²) in [6, 6.07) is 6.72. The van der Waals surface area contributed by atoms with Gasteiger partial charge in [-0.2, -0.15) is 0 Å². The van der Waals surface area contributed by atoms with Gasteiger partial charge in [0.15, 0.2) is 10.7 Å². The quantitative estimate of drug-likeness (QED) is 0.825. The lowest BCUT2D eigenvalue weighted by Crippen LogP contribution is -2.50. The highest BCUT2D eigenvalue weighted by atomic mass is 35.5. The van der Waals surface area contributed by atoms with E-state index in [9.17, 15) is 4.79 Å². The zero-order chi connectivity index (χ0) is 13.1. The number of carbonyl (C=O) groups excluding carboxylic acids is 1. The summed E-state index contributed by atoms with van der Waals surface area (Å²) in [5.41, 5.74) is 4.16. The van der Waals surface area contributed by atoms with Crippen molar-refractivity contribution in [1.82, 2.24) is 5.32 Å². The summed E-state index contributed by atoms with van der Waals surface area (Å²) in [5, 5.41) is 2.85. The molecule has 0 unspecified atom stereocenters. The molecule has 0 aliphatic carbocycles. The minimum atomic E-state index is -1.07. The number of ether oxygens (including phenoxy) is 1. The van der Waals surface area contributed by atoms with E-state index in [4.69, 9.17) is 22.1 Å². The lowest BCUT2D eigenvalue weighted by molar-refractivity contribution is -0.132. The average molecular weight is 273 g/mol. The fourth-order valence-electron chi connectivity index (χ4n) is 1.11. The fraction of sp³-hybridized carbons (Fsp3) is 0.273. The molecule has 0 saturated carbocycles. The zero-order valence-electron chi connectivity index (χ0n) is 9.49. The van der Waals surface area contributed by atoms with Crippen LogP contribution in [0.25, 0.3) is 0 Å². The van der Waals surface area contributed by atoms with Gasteiger partial charge in [-0.25, -0.2) is 0 Å². The van der Waals surface area contributed by atoms with Crippen molar-refractivity contribution in [2.45, 2.75) is 19.4 Å². The van der Waals surface area contributed by atoms with Gasteiger partial charge in [-0.05, 0) is 50.3 Å². The van der Waals surface area contributed by atoms with E-state index in [1.807, 2.05) is 0 Å². The Labute approximate surface area is 110 Å². The molecule has 0 atom stereocenters.